The summed E-state index contributed by atoms with van der Waals surface area (Å²) in [5, 5.41) is 0.647. The van der Waals surface area contributed by atoms with Crippen LogP contribution in [0.15, 0.2) is 41.4 Å². The molecule has 1 aromatic heterocycles. The van der Waals surface area contributed by atoms with Crippen LogP contribution < -0.4 is 10.5 Å². The number of pyridine rings is 1. The monoisotopic (exact) mass is 317 g/mol. The van der Waals surface area contributed by atoms with Crippen LogP contribution in [-0.2, 0) is 10.0 Å². The smallest absolute Gasteiger partial charge is 0.265 e. The molecule has 1 aromatic carbocycles. The number of nitrogen functional groups attached to an aromatic ring is 1. The van der Waals surface area contributed by atoms with Gasteiger partial charge in [0.15, 0.2) is 0 Å². The van der Waals surface area contributed by atoms with Crippen molar-refractivity contribution in [1.29, 1.82) is 0 Å². The van der Waals surface area contributed by atoms with E-state index in [1.165, 1.54) is 36.5 Å². The molecular weight excluding hydrogens is 309 g/mol. The Hall–Kier alpha value is -1.50. The van der Waals surface area contributed by atoms with Crippen molar-refractivity contribution in [2.45, 2.75) is 4.90 Å². The highest BCUT2D eigenvalue weighted by atomic mass is 35.5. The Morgan fingerprint density at radius 2 is 1.79 bits per heavy atom. The number of halogens is 2. The van der Waals surface area contributed by atoms with E-state index in [2.05, 4.69) is 9.71 Å². The van der Waals surface area contributed by atoms with Crippen molar-refractivity contribution in [3.05, 3.63) is 46.6 Å². The van der Waals surface area contributed by atoms with E-state index < -0.39 is 10.0 Å². The molecule has 2 aromatic rings. The first-order valence-corrected chi connectivity index (χ1v) is 7.32. The molecule has 8 heteroatoms. The molecule has 0 fully saturated rings. The van der Waals surface area contributed by atoms with Crippen LogP contribution in [-0.4, -0.2) is 13.4 Å². The summed E-state index contributed by atoms with van der Waals surface area (Å²) >= 11 is 11.6. The van der Waals surface area contributed by atoms with Crippen LogP contribution in [0.5, 0.6) is 0 Å². The molecule has 0 radical (unpaired) electrons. The second kappa shape index (κ2) is 5.24. The number of nitrogens with one attached hydrogen (secondary N) is 1. The highest BCUT2D eigenvalue weighted by Crippen LogP contribution is 2.25. The minimum Gasteiger partial charge on any atom is -0.383 e. The van der Waals surface area contributed by atoms with Gasteiger partial charge in [0.2, 0.25) is 0 Å². The van der Waals surface area contributed by atoms with Crippen molar-refractivity contribution < 1.29 is 8.42 Å². The lowest BCUT2D eigenvalue weighted by Crippen LogP contribution is -2.15. The summed E-state index contributed by atoms with van der Waals surface area (Å²) in [5.41, 5.74) is 5.79. The first-order chi connectivity index (χ1) is 8.88. The van der Waals surface area contributed by atoms with E-state index in [0.29, 0.717) is 10.0 Å². The fraction of sp³-hybridized carbons (Fsp3) is 0. The number of rotatable bonds is 3. The van der Waals surface area contributed by atoms with Gasteiger partial charge in [-0.3, -0.25) is 4.72 Å². The van der Waals surface area contributed by atoms with Gasteiger partial charge in [-0.1, -0.05) is 23.2 Å². The lowest BCUT2D eigenvalue weighted by molar-refractivity contribution is 0.601. The molecule has 3 N–H and O–H groups in total. The van der Waals surface area contributed by atoms with Gasteiger partial charge in [-0.05, 0) is 30.3 Å². The van der Waals surface area contributed by atoms with Crippen molar-refractivity contribution in [3.8, 4) is 0 Å². The maximum absolute atomic E-state index is 12.1. The zero-order valence-corrected chi connectivity index (χ0v) is 11.8. The van der Waals surface area contributed by atoms with Gasteiger partial charge < -0.3 is 5.73 Å². The fourth-order valence-electron chi connectivity index (χ4n) is 1.45. The number of nitrogens with two attached hydrogens (primary N) is 1. The molecule has 19 heavy (non-hydrogen) atoms. The van der Waals surface area contributed by atoms with Gasteiger partial charge in [-0.25, -0.2) is 13.4 Å². The summed E-state index contributed by atoms with van der Waals surface area (Å²) in [6.07, 6.45) is 1.41. The molecule has 0 aliphatic heterocycles. The average molecular weight is 318 g/mol. The van der Waals surface area contributed by atoms with Crippen LogP contribution in [0, 0.1) is 0 Å². The molecular formula is C11H9Cl2N3O2S. The highest BCUT2D eigenvalue weighted by molar-refractivity contribution is 7.92. The number of hydrogen-bond acceptors (Lipinski definition) is 4. The molecule has 0 unspecified atom stereocenters. The van der Waals surface area contributed by atoms with Gasteiger partial charge in [0.1, 0.15) is 10.7 Å². The molecule has 5 nitrogen and oxygen atoms in total. The summed E-state index contributed by atoms with van der Waals surface area (Å²) in [7, 11) is -3.83. The van der Waals surface area contributed by atoms with Crippen molar-refractivity contribution in [1.82, 2.24) is 4.98 Å². The molecule has 0 aliphatic carbocycles. The van der Waals surface area contributed by atoms with Crippen LogP contribution >= 0.6 is 23.2 Å². The van der Waals surface area contributed by atoms with Crippen molar-refractivity contribution in [2.24, 2.45) is 0 Å². The number of hydrogen-bond donors (Lipinski definition) is 2. The second-order valence-electron chi connectivity index (χ2n) is 3.65. The van der Waals surface area contributed by atoms with Crippen molar-refractivity contribution in [2.75, 3.05) is 10.5 Å². The zero-order valence-electron chi connectivity index (χ0n) is 9.47. The van der Waals surface area contributed by atoms with Crippen LogP contribution in [0.3, 0.4) is 0 Å². The van der Waals surface area contributed by atoms with Gasteiger partial charge in [0, 0.05) is 16.2 Å². The van der Waals surface area contributed by atoms with E-state index in [1.54, 1.807) is 0 Å². The van der Waals surface area contributed by atoms with Crippen LogP contribution in [0.2, 0.25) is 10.0 Å². The maximum Gasteiger partial charge on any atom is 0.265 e. The molecule has 2 rings (SSSR count). The Morgan fingerprint density at radius 3 is 2.37 bits per heavy atom. The van der Waals surface area contributed by atoms with E-state index in [1.807, 2.05) is 0 Å². The summed E-state index contributed by atoms with van der Waals surface area (Å²) in [6, 6.07) is 7.22. The predicted octanol–water partition coefficient (Wildman–Crippen LogP) is 2.77. The Morgan fingerprint density at radius 1 is 1.16 bits per heavy atom. The summed E-state index contributed by atoms with van der Waals surface area (Å²) in [6.45, 7) is 0. The molecule has 0 bridgehead atoms. The van der Waals surface area contributed by atoms with E-state index in [4.69, 9.17) is 28.9 Å². The minimum atomic E-state index is -3.83. The number of benzene rings is 1. The van der Waals surface area contributed by atoms with E-state index in [0.717, 1.165) is 0 Å². The first-order valence-electron chi connectivity index (χ1n) is 5.08. The third-order valence-corrected chi connectivity index (χ3v) is 4.07. The van der Waals surface area contributed by atoms with Crippen LogP contribution in [0.4, 0.5) is 11.5 Å². The van der Waals surface area contributed by atoms with E-state index in [9.17, 15) is 8.42 Å². The molecule has 0 aliphatic rings. The lowest BCUT2D eigenvalue weighted by atomic mass is 10.3. The summed E-state index contributed by atoms with van der Waals surface area (Å²) < 4.78 is 26.6. The first kappa shape index (κ1) is 13.9. The molecule has 0 spiro atoms. The van der Waals surface area contributed by atoms with Gasteiger partial charge >= 0.3 is 0 Å². The predicted molar refractivity (Wildman–Crippen MR) is 75.9 cm³/mol. The van der Waals surface area contributed by atoms with Crippen molar-refractivity contribution >= 4 is 44.7 Å². The van der Waals surface area contributed by atoms with Crippen LogP contribution in [0.1, 0.15) is 0 Å². The minimum absolute atomic E-state index is 0.0804. The Bertz CT molecular complexity index is 699. The Balaban J connectivity index is 2.39. The van der Waals surface area contributed by atoms with E-state index >= 15 is 0 Å². The van der Waals surface area contributed by atoms with Gasteiger partial charge in [-0.15, -0.1) is 0 Å². The summed E-state index contributed by atoms with van der Waals surface area (Å²) in [5.74, 6) is -0.0804. The Labute approximate surface area is 120 Å². The maximum atomic E-state index is 12.1. The average Bonchev–Trinajstić information content (AvgIpc) is 2.26. The van der Waals surface area contributed by atoms with Gasteiger partial charge in [0.05, 0.1) is 5.69 Å². The molecule has 0 saturated heterocycles. The number of anilines is 2. The third kappa shape index (κ3) is 3.28. The number of aromatic nitrogens is 1. The fourth-order valence-corrected chi connectivity index (χ4v) is 3.10. The lowest BCUT2D eigenvalue weighted by Gasteiger charge is -2.10. The van der Waals surface area contributed by atoms with Gasteiger partial charge in [0.25, 0.3) is 10.0 Å². The molecule has 0 amide bonds. The Kier molecular flexibility index (Phi) is 3.84. The normalized spacial score (nSPS) is 11.3. The molecule has 100 valence electrons. The topological polar surface area (TPSA) is 85.1 Å². The number of sulfonamides is 1. The summed E-state index contributed by atoms with van der Waals surface area (Å²) in [4.78, 5) is 3.62. The second-order valence-corrected chi connectivity index (χ2v) is 6.17. The standard InChI is InChI=1S/C11H9Cl2N3O2S/c12-7-4-8(13)6-9(5-7)16-19(17,18)10-2-1-3-15-11(10)14/h1-6,16H,(H2,14,15). The van der Waals surface area contributed by atoms with Crippen LogP contribution in [0.25, 0.3) is 0 Å². The molecule has 0 saturated carbocycles. The zero-order chi connectivity index (χ0) is 14.0. The quantitative estimate of drug-likeness (QED) is 0.911. The highest BCUT2D eigenvalue weighted by Gasteiger charge is 2.18. The number of nitrogens with zero attached hydrogens (tertiary/aromatic N) is 1. The van der Waals surface area contributed by atoms with Gasteiger partial charge in [-0.2, -0.15) is 0 Å². The largest absolute Gasteiger partial charge is 0.383 e. The SMILES string of the molecule is Nc1ncccc1S(=O)(=O)Nc1cc(Cl)cc(Cl)c1. The van der Waals surface area contributed by atoms with Crippen molar-refractivity contribution in [3.63, 3.8) is 0 Å². The molecule has 0 atom stereocenters. The molecule has 1 heterocycles. The third-order valence-electron chi connectivity index (χ3n) is 2.20. The van der Waals surface area contributed by atoms with E-state index in [-0.39, 0.29) is 16.4 Å².